The van der Waals surface area contributed by atoms with Gasteiger partial charge < -0.3 is 10.1 Å². The molecule has 2 rings (SSSR count). The van der Waals surface area contributed by atoms with Crippen molar-refractivity contribution >= 4 is 0 Å². The van der Waals surface area contributed by atoms with E-state index in [0.29, 0.717) is 18.3 Å². The molecule has 2 nitrogen and oxygen atoms in total. The van der Waals surface area contributed by atoms with Gasteiger partial charge in [-0.3, -0.25) is 0 Å². The minimum absolute atomic E-state index is 0.0362. The Kier molecular flexibility index (Phi) is 3.62. The quantitative estimate of drug-likeness (QED) is 0.875. The number of alkyl halides is 2. The Bertz CT molecular complexity index is 370. The van der Waals surface area contributed by atoms with Crippen molar-refractivity contribution in [2.45, 2.75) is 19.3 Å². The lowest BCUT2D eigenvalue weighted by Gasteiger charge is -2.17. The summed E-state index contributed by atoms with van der Waals surface area (Å²) in [7, 11) is 0. The van der Waals surface area contributed by atoms with E-state index in [4.69, 9.17) is 4.74 Å². The fraction of sp³-hybridized carbons (Fsp3) is 0.538. The molecule has 1 aromatic rings. The van der Waals surface area contributed by atoms with E-state index in [9.17, 15) is 8.78 Å². The van der Waals surface area contributed by atoms with E-state index in [-0.39, 0.29) is 5.56 Å². The van der Waals surface area contributed by atoms with Gasteiger partial charge in [0, 0.05) is 19.4 Å². The highest BCUT2D eigenvalue weighted by Crippen LogP contribution is 2.34. The molecule has 0 aliphatic carbocycles. The van der Waals surface area contributed by atoms with E-state index < -0.39 is 5.92 Å². The highest BCUT2D eigenvalue weighted by Gasteiger charge is 2.28. The maximum Gasteiger partial charge on any atom is 0.274 e. The second-order valence-electron chi connectivity index (χ2n) is 4.55. The van der Waals surface area contributed by atoms with Crippen LogP contribution in [0.15, 0.2) is 24.3 Å². The third-order valence-corrected chi connectivity index (χ3v) is 3.00. The molecular weight excluding hydrogens is 224 g/mol. The zero-order chi connectivity index (χ0) is 12.3. The Morgan fingerprint density at radius 2 is 2.18 bits per heavy atom. The minimum atomic E-state index is -2.86. The Hall–Kier alpha value is -1.16. The Morgan fingerprint density at radius 3 is 2.82 bits per heavy atom. The van der Waals surface area contributed by atoms with E-state index in [1.54, 1.807) is 18.2 Å². The molecule has 94 valence electrons. The summed E-state index contributed by atoms with van der Waals surface area (Å²) in [6, 6.07) is 6.35. The summed E-state index contributed by atoms with van der Waals surface area (Å²) < 4.78 is 32.2. The number of halogens is 2. The van der Waals surface area contributed by atoms with Crippen LogP contribution < -0.4 is 10.1 Å². The van der Waals surface area contributed by atoms with Crippen LogP contribution in [0.1, 0.15) is 18.9 Å². The van der Waals surface area contributed by atoms with Gasteiger partial charge in [0.25, 0.3) is 5.92 Å². The Labute approximate surface area is 100.0 Å². The van der Waals surface area contributed by atoms with Gasteiger partial charge >= 0.3 is 0 Å². The van der Waals surface area contributed by atoms with Crippen molar-refractivity contribution in [3.63, 3.8) is 0 Å². The lowest BCUT2D eigenvalue weighted by Crippen LogP contribution is -2.17. The summed E-state index contributed by atoms with van der Waals surface area (Å²) in [6.07, 6.45) is 1.05. The van der Waals surface area contributed by atoms with Crippen molar-refractivity contribution in [3.05, 3.63) is 29.8 Å². The molecule has 1 aliphatic heterocycles. The highest BCUT2D eigenvalue weighted by atomic mass is 19.3. The van der Waals surface area contributed by atoms with E-state index in [1.165, 1.54) is 6.07 Å². The zero-order valence-electron chi connectivity index (χ0n) is 9.88. The predicted molar refractivity (Wildman–Crippen MR) is 62.5 cm³/mol. The first-order valence-electron chi connectivity index (χ1n) is 5.88. The third-order valence-electron chi connectivity index (χ3n) is 3.00. The number of hydrogen-bond donors (Lipinski definition) is 1. The summed E-state index contributed by atoms with van der Waals surface area (Å²) in [5.41, 5.74) is -0.0362. The molecular formula is C13H17F2NO. The second-order valence-corrected chi connectivity index (χ2v) is 4.55. The van der Waals surface area contributed by atoms with Crippen molar-refractivity contribution in [1.82, 2.24) is 5.32 Å². The largest absolute Gasteiger partial charge is 0.493 e. The van der Waals surface area contributed by atoms with Crippen LogP contribution in [-0.4, -0.2) is 19.7 Å². The van der Waals surface area contributed by atoms with E-state index in [2.05, 4.69) is 5.32 Å². The van der Waals surface area contributed by atoms with Crippen molar-refractivity contribution in [2.24, 2.45) is 5.92 Å². The van der Waals surface area contributed by atoms with Crippen molar-refractivity contribution in [2.75, 3.05) is 19.7 Å². The molecule has 0 amide bonds. The molecule has 0 bridgehead atoms. The molecule has 1 aromatic carbocycles. The van der Waals surface area contributed by atoms with Gasteiger partial charge in [-0.15, -0.1) is 0 Å². The first-order valence-corrected chi connectivity index (χ1v) is 5.88. The zero-order valence-corrected chi connectivity index (χ0v) is 9.88. The number of benzene rings is 1. The summed E-state index contributed by atoms with van der Waals surface area (Å²) in [5.74, 6) is -2.13. The van der Waals surface area contributed by atoms with Gasteiger partial charge in [0.05, 0.1) is 12.2 Å². The van der Waals surface area contributed by atoms with E-state index >= 15 is 0 Å². The normalized spacial score (nSPS) is 20.5. The van der Waals surface area contributed by atoms with Crippen LogP contribution in [0.2, 0.25) is 0 Å². The molecule has 1 unspecified atom stereocenters. The number of rotatable bonds is 4. The van der Waals surface area contributed by atoms with Crippen molar-refractivity contribution in [1.29, 1.82) is 0 Å². The first-order chi connectivity index (χ1) is 8.07. The molecule has 1 aliphatic rings. The maximum absolute atomic E-state index is 13.3. The SMILES string of the molecule is CC(F)(F)c1ccccc1OCC1CCNC1. The van der Waals surface area contributed by atoms with Gasteiger partial charge in [-0.1, -0.05) is 12.1 Å². The number of ether oxygens (including phenoxy) is 1. The van der Waals surface area contributed by atoms with Gasteiger partial charge in [0.2, 0.25) is 0 Å². The van der Waals surface area contributed by atoms with Crippen LogP contribution >= 0.6 is 0 Å². The standard InChI is InChI=1S/C13H17F2NO/c1-13(14,15)11-4-2-3-5-12(11)17-9-10-6-7-16-8-10/h2-5,10,16H,6-9H2,1H3. The van der Waals surface area contributed by atoms with Crippen LogP contribution in [0, 0.1) is 5.92 Å². The average molecular weight is 241 g/mol. The monoisotopic (exact) mass is 241 g/mol. The van der Waals surface area contributed by atoms with Gasteiger partial charge in [-0.05, 0) is 25.1 Å². The molecule has 0 radical (unpaired) electrons. The summed E-state index contributed by atoms with van der Waals surface area (Å²) in [6.45, 7) is 3.29. The average Bonchev–Trinajstić information content (AvgIpc) is 2.78. The minimum Gasteiger partial charge on any atom is -0.493 e. The molecule has 4 heteroatoms. The van der Waals surface area contributed by atoms with Crippen molar-refractivity contribution in [3.8, 4) is 5.75 Å². The molecule has 1 N–H and O–H groups in total. The molecule has 0 aromatic heterocycles. The van der Waals surface area contributed by atoms with Gasteiger partial charge in [-0.2, -0.15) is 0 Å². The summed E-state index contributed by atoms with van der Waals surface area (Å²) >= 11 is 0. The number of para-hydroxylation sites is 1. The summed E-state index contributed by atoms with van der Waals surface area (Å²) in [5, 5.41) is 3.23. The van der Waals surface area contributed by atoms with Crippen LogP contribution in [-0.2, 0) is 5.92 Å². The topological polar surface area (TPSA) is 21.3 Å². The lowest BCUT2D eigenvalue weighted by molar-refractivity contribution is 0.0141. The molecule has 1 heterocycles. The van der Waals surface area contributed by atoms with Gasteiger partial charge in [0.1, 0.15) is 5.75 Å². The molecule has 1 saturated heterocycles. The van der Waals surface area contributed by atoms with E-state index in [1.807, 2.05) is 0 Å². The van der Waals surface area contributed by atoms with Crippen LogP contribution in [0.25, 0.3) is 0 Å². The number of hydrogen-bond acceptors (Lipinski definition) is 2. The smallest absolute Gasteiger partial charge is 0.274 e. The fourth-order valence-corrected chi connectivity index (χ4v) is 2.02. The second kappa shape index (κ2) is 5.00. The van der Waals surface area contributed by atoms with E-state index in [0.717, 1.165) is 26.4 Å². The Balaban J connectivity index is 2.04. The predicted octanol–water partition coefficient (Wildman–Crippen LogP) is 2.79. The Morgan fingerprint density at radius 1 is 1.41 bits per heavy atom. The van der Waals surface area contributed by atoms with Gasteiger partial charge in [0.15, 0.2) is 0 Å². The lowest BCUT2D eigenvalue weighted by atomic mass is 10.1. The fourth-order valence-electron chi connectivity index (χ4n) is 2.02. The molecule has 0 saturated carbocycles. The van der Waals surface area contributed by atoms with Crippen LogP contribution in [0.5, 0.6) is 5.75 Å². The van der Waals surface area contributed by atoms with Crippen molar-refractivity contribution < 1.29 is 13.5 Å². The summed E-state index contributed by atoms with van der Waals surface area (Å²) in [4.78, 5) is 0. The molecule has 17 heavy (non-hydrogen) atoms. The molecule has 1 fully saturated rings. The first kappa shape index (κ1) is 12.3. The highest BCUT2D eigenvalue weighted by molar-refractivity contribution is 5.36. The molecule has 0 spiro atoms. The maximum atomic E-state index is 13.3. The van der Waals surface area contributed by atoms with Gasteiger partial charge in [-0.25, -0.2) is 8.78 Å². The number of nitrogens with one attached hydrogen (secondary N) is 1. The van der Waals surface area contributed by atoms with Crippen LogP contribution in [0.3, 0.4) is 0 Å². The third kappa shape index (κ3) is 3.16. The van der Waals surface area contributed by atoms with Crippen LogP contribution in [0.4, 0.5) is 8.78 Å². The molecule has 1 atom stereocenters.